The molecule has 0 atom stereocenters. The van der Waals surface area contributed by atoms with Gasteiger partial charge < -0.3 is 10.6 Å². The first-order valence-electron chi connectivity index (χ1n) is 6.71. The molecule has 1 aromatic rings. The third-order valence-electron chi connectivity index (χ3n) is 3.06. The molecule has 6 heteroatoms. The van der Waals surface area contributed by atoms with Crippen LogP contribution in [0.2, 0.25) is 0 Å². The van der Waals surface area contributed by atoms with Crippen molar-refractivity contribution in [2.45, 2.75) is 5.75 Å². The first-order valence-corrected chi connectivity index (χ1v) is 9.02. The number of halogens is 1. The van der Waals surface area contributed by atoms with E-state index in [0.29, 0.717) is 18.3 Å². The Morgan fingerprint density at radius 3 is 2.85 bits per heavy atom. The van der Waals surface area contributed by atoms with Crippen LogP contribution in [0.5, 0.6) is 0 Å². The summed E-state index contributed by atoms with van der Waals surface area (Å²) in [6.07, 6.45) is 0. The van der Waals surface area contributed by atoms with Gasteiger partial charge in [0.15, 0.2) is 5.96 Å². The number of hydrogen-bond donors (Lipinski definition) is 1. The van der Waals surface area contributed by atoms with Gasteiger partial charge in [-0.15, -0.1) is 0 Å². The van der Waals surface area contributed by atoms with Crippen molar-refractivity contribution in [1.29, 1.82) is 0 Å². The van der Waals surface area contributed by atoms with Gasteiger partial charge in [-0.3, -0.25) is 4.99 Å². The summed E-state index contributed by atoms with van der Waals surface area (Å²) >= 11 is 3.64. The van der Waals surface area contributed by atoms with Crippen LogP contribution >= 0.6 is 23.5 Å². The van der Waals surface area contributed by atoms with Gasteiger partial charge >= 0.3 is 0 Å². The fraction of sp³-hybridized carbons (Fsp3) is 0.500. The third-order valence-corrected chi connectivity index (χ3v) is 4.99. The van der Waals surface area contributed by atoms with Crippen molar-refractivity contribution in [3.05, 3.63) is 35.6 Å². The number of rotatable bonds is 5. The number of nitrogens with zero attached hydrogens (tertiary/aromatic N) is 2. The van der Waals surface area contributed by atoms with Crippen molar-refractivity contribution in [1.82, 2.24) is 4.90 Å². The van der Waals surface area contributed by atoms with E-state index in [9.17, 15) is 4.39 Å². The van der Waals surface area contributed by atoms with Crippen molar-refractivity contribution in [3.63, 3.8) is 0 Å². The molecule has 1 heterocycles. The lowest BCUT2D eigenvalue weighted by Crippen LogP contribution is -2.42. The van der Waals surface area contributed by atoms with Crippen LogP contribution in [0.1, 0.15) is 5.56 Å². The van der Waals surface area contributed by atoms with Gasteiger partial charge in [-0.1, -0.05) is 18.2 Å². The third kappa shape index (κ3) is 4.90. The van der Waals surface area contributed by atoms with Crippen LogP contribution < -0.4 is 5.73 Å². The maximum absolute atomic E-state index is 13.4. The van der Waals surface area contributed by atoms with E-state index in [1.54, 1.807) is 17.8 Å². The van der Waals surface area contributed by atoms with Gasteiger partial charge in [-0.2, -0.15) is 23.5 Å². The summed E-state index contributed by atoms with van der Waals surface area (Å²) in [5.41, 5.74) is 6.72. The van der Waals surface area contributed by atoms with Gasteiger partial charge in [0, 0.05) is 36.1 Å². The molecule has 1 aromatic carbocycles. The molecule has 0 spiro atoms. The number of aliphatic imine (C=N–C) groups is 1. The lowest BCUT2D eigenvalue weighted by molar-refractivity contribution is 0.456. The maximum Gasteiger partial charge on any atom is 0.191 e. The number of benzene rings is 1. The summed E-state index contributed by atoms with van der Waals surface area (Å²) in [7, 11) is 0. The number of hydrogen-bond acceptors (Lipinski definition) is 3. The standard InChI is InChI=1S/C14H20FN3S2/c15-13-4-2-1-3-12(13)11-20-8-5-17-14(16)18-6-9-19-10-7-18/h1-4H,5-11H2,(H2,16,17). The zero-order valence-corrected chi connectivity index (χ0v) is 13.1. The van der Waals surface area contributed by atoms with Crippen LogP contribution in [0.25, 0.3) is 0 Å². The Labute approximate surface area is 128 Å². The van der Waals surface area contributed by atoms with Crippen LogP contribution in [-0.4, -0.2) is 47.8 Å². The summed E-state index contributed by atoms with van der Waals surface area (Å²) in [5.74, 6) is 4.31. The van der Waals surface area contributed by atoms with Crippen LogP contribution in [0.15, 0.2) is 29.3 Å². The van der Waals surface area contributed by atoms with Gasteiger partial charge in [-0.25, -0.2) is 4.39 Å². The summed E-state index contributed by atoms with van der Waals surface area (Å²) in [4.78, 5) is 6.53. The molecule has 110 valence electrons. The zero-order valence-electron chi connectivity index (χ0n) is 11.4. The quantitative estimate of drug-likeness (QED) is 0.515. The minimum absolute atomic E-state index is 0.131. The molecule has 2 N–H and O–H groups in total. The Bertz CT molecular complexity index is 448. The monoisotopic (exact) mass is 313 g/mol. The minimum Gasteiger partial charge on any atom is -0.370 e. The fourth-order valence-corrected chi connectivity index (χ4v) is 3.64. The maximum atomic E-state index is 13.4. The average Bonchev–Trinajstić information content (AvgIpc) is 2.49. The van der Waals surface area contributed by atoms with Gasteiger partial charge in [-0.05, 0) is 11.6 Å². The number of guanidine groups is 1. The zero-order chi connectivity index (χ0) is 14.2. The van der Waals surface area contributed by atoms with Crippen LogP contribution in [-0.2, 0) is 5.75 Å². The van der Waals surface area contributed by atoms with E-state index in [2.05, 4.69) is 9.89 Å². The van der Waals surface area contributed by atoms with E-state index in [1.165, 1.54) is 6.07 Å². The van der Waals surface area contributed by atoms with E-state index in [0.717, 1.165) is 35.9 Å². The smallest absolute Gasteiger partial charge is 0.191 e. The topological polar surface area (TPSA) is 41.6 Å². The van der Waals surface area contributed by atoms with Crippen LogP contribution in [0.3, 0.4) is 0 Å². The van der Waals surface area contributed by atoms with Crippen LogP contribution in [0.4, 0.5) is 4.39 Å². The van der Waals surface area contributed by atoms with Gasteiger partial charge in [0.1, 0.15) is 5.82 Å². The van der Waals surface area contributed by atoms with Gasteiger partial charge in [0.25, 0.3) is 0 Å². The molecule has 1 aliphatic heterocycles. The van der Waals surface area contributed by atoms with Crippen molar-refractivity contribution >= 4 is 29.5 Å². The normalized spacial score (nSPS) is 16.4. The SMILES string of the molecule is NC(=NCCSCc1ccccc1F)N1CCSCC1. The van der Waals surface area contributed by atoms with Gasteiger partial charge in [0.05, 0.1) is 6.54 Å². The lowest BCUT2D eigenvalue weighted by atomic mass is 10.2. The van der Waals surface area contributed by atoms with E-state index in [4.69, 9.17) is 5.73 Å². The molecule has 0 amide bonds. The van der Waals surface area contributed by atoms with Crippen molar-refractivity contribution < 1.29 is 4.39 Å². The molecular formula is C14H20FN3S2. The molecule has 3 nitrogen and oxygen atoms in total. The van der Waals surface area contributed by atoms with Crippen LogP contribution in [0, 0.1) is 5.82 Å². The minimum atomic E-state index is -0.131. The Kier molecular flexibility index (Phi) is 6.53. The number of nitrogens with two attached hydrogens (primary N) is 1. The highest BCUT2D eigenvalue weighted by atomic mass is 32.2. The highest BCUT2D eigenvalue weighted by molar-refractivity contribution is 7.99. The predicted molar refractivity (Wildman–Crippen MR) is 87.9 cm³/mol. The molecule has 1 aliphatic rings. The molecule has 0 bridgehead atoms. The molecule has 0 aliphatic carbocycles. The molecule has 0 saturated carbocycles. The summed E-state index contributed by atoms with van der Waals surface area (Å²) < 4.78 is 13.4. The highest BCUT2D eigenvalue weighted by Gasteiger charge is 2.11. The fourth-order valence-electron chi connectivity index (χ4n) is 1.91. The van der Waals surface area contributed by atoms with E-state index >= 15 is 0 Å². The lowest BCUT2D eigenvalue weighted by Gasteiger charge is -2.27. The van der Waals surface area contributed by atoms with Gasteiger partial charge in [0.2, 0.25) is 0 Å². The Morgan fingerprint density at radius 1 is 1.35 bits per heavy atom. The van der Waals surface area contributed by atoms with E-state index in [-0.39, 0.29) is 5.82 Å². The summed E-state index contributed by atoms with van der Waals surface area (Å²) in [5, 5.41) is 0. The van der Waals surface area contributed by atoms with Crippen molar-refractivity contribution in [2.75, 3.05) is 36.9 Å². The Morgan fingerprint density at radius 2 is 2.10 bits per heavy atom. The second-order valence-electron chi connectivity index (χ2n) is 4.48. The van der Waals surface area contributed by atoms with E-state index in [1.807, 2.05) is 23.9 Å². The molecule has 0 unspecified atom stereocenters. The van der Waals surface area contributed by atoms with Crippen molar-refractivity contribution in [2.24, 2.45) is 10.7 Å². The largest absolute Gasteiger partial charge is 0.370 e. The second kappa shape index (κ2) is 8.42. The Balaban J connectivity index is 1.67. The Hall–Kier alpha value is -0.880. The second-order valence-corrected chi connectivity index (χ2v) is 6.81. The highest BCUT2D eigenvalue weighted by Crippen LogP contribution is 2.15. The molecule has 2 rings (SSSR count). The first kappa shape index (κ1) is 15.5. The molecule has 20 heavy (non-hydrogen) atoms. The predicted octanol–water partition coefficient (Wildman–Crippen LogP) is 2.42. The molecule has 0 aromatic heterocycles. The van der Waals surface area contributed by atoms with Crippen molar-refractivity contribution in [3.8, 4) is 0 Å². The molecule has 1 saturated heterocycles. The summed E-state index contributed by atoms with van der Waals surface area (Å²) in [6.45, 7) is 2.67. The summed E-state index contributed by atoms with van der Waals surface area (Å²) in [6, 6.07) is 6.90. The molecular weight excluding hydrogens is 293 g/mol. The average molecular weight is 313 g/mol. The molecule has 1 fully saturated rings. The molecule has 0 radical (unpaired) electrons. The first-order chi connectivity index (χ1) is 9.77. The van der Waals surface area contributed by atoms with E-state index < -0.39 is 0 Å². The number of thioether (sulfide) groups is 2.